The molecule has 1 aliphatic heterocycles. The van der Waals surface area contributed by atoms with Crippen molar-refractivity contribution in [1.29, 1.82) is 0 Å². The number of rotatable bonds is 7. The lowest BCUT2D eigenvalue weighted by atomic mass is 10.1. The molecule has 2 rings (SSSR count). The lowest BCUT2D eigenvalue weighted by Gasteiger charge is -2.32. The Morgan fingerprint density at radius 3 is 2.90 bits per heavy atom. The van der Waals surface area contributed by atoms with Crippen molar-refractivity contribution >= 4 is 5.91 Å². The van der Waals surface area contributed by atoms with Gasteiger partial charge >= 0.3 is 0 Å². The predicted octanol–water partition coefficient (Wildman–Crippen LogP) is 1.37. The lowest BCUT2D eigenvalue weighted by Crippen LogP contribution is -2.41. The summed E-state index contributed by atoms with van der Waals surface area (Å²) in [6, 6.07) is 3.92. The number of hydrogen-bond donors (Lipinski definition) is 1. The van der Waals surface area contributed by atoms with E-state index in [9.17, 15) is 4.79 Å². The average molecular weight is 291 g/mol. The van der Waals surface area contributed by atoms with E-state index in [1.807, 2.05) is 23.2 Å². The van der Waals surface area contributed by atoms with E-state index < -0.39 is 0 Å². The number of pyridine rings is 1. The Kier molecular flexibility index (Phi) is 6.63. The molecule has 1 aromatic rings. The molecule has 0 aromatic carbocycles. The van der Waals surface area contributed by atoms with Gasteiger partial charge in [-0.25, -0.2) is 0 Å². The van der Waals surface area contributed by atoms with Crippen LogP contribution in [-0.2, 0) is 16.0 Å². The topological polar surface area (TPSA) is 68.5 Å². The Hall–Kier alpha value is -1.46. The number of ether oxygens (including phenoxy) is 1. The quantitative estimate of drug-likeness (QED) is 0.770. The van der Waals surface area contributed by atoms with Gasteiger partial charge in [0.25, 0.3) is 0 Å². The summed E-state index contributed by atoms with van der Waals surface area (Å²) in [6.07, 6.45) is 7.96. The lowest BCUT2D eigenvalue weighted by molar-refractivity contribution is -0.133. The zero-order valence-electron chi connectivity index (χ0n) is 12.5. The van der Waals surface area contributed by atoms with Gasteiger partial charge in [0, 0.05) is 38.5 Å². The number of amides is 1. The zero-order valence-corrected chi connectivity index (χ0v) is 12.5. The van der Waals surface area contributed by atoms with Crippen molar-refractivity contribution in [2.45, 2.75) is 38.2 Å². The first-order valence-corrected chi connectivity index (χ1v) is 7.78. The molecule has 0 bridgehead atoms. The van der Waals surface area contributed by atoms with Crippen molar-refractivity contribution in [3.63, 3.8) is 0 Å². The van der Waals surface area contributed by atoms with Crippen molar-refractivity contribution in [3.8, 4) is 0 Å². The predicted molar refractivity (Wildman–Crippen MR) is 81.8 cm³/mol. The van der Waals surface area contributed by atoms with Gasteiger partial charge in [-0.3, -0.25) is 9.78 Å². The van der Waals surface area contributed by atoms with Crippen molar-refractivity contribution in [2.24, 2.45) is 5.73 Å². The van der Waals surface area contributed by atoms with E-state index in [0.29, 0.717) is 19.1 Å². The van der Waals surface area contributed by atoms with Crippen LogP contribution in [0.15, 0.2) is 24.5 Å². The van der Waals surface area contributed by atoms with Gasteiger partial charge < -0.3 is 15.4 Å². The Morgan fingerprint density at radius 1 is 1.43 bits per heavy atom. The Balaban J connectivity index is 1.66. The van der Waals surface area contributed by atoms with Crippen molar-refractivity contribution in [3.05, 3.63) is 30.1 Å². The third-order valence-electron chi connectivity index (χ3n) is 3.85. The highest BCUT2D eigenvalue weighted by Crippen LogP contribution is 2.15. The third kappa shape index (κ3) is 5.44. The van der Waals surface area contributed by atoms with Crippen molar-refractivity contribution < 1.29 is 9.53 Å². The first kappa shape index (κ1) is 15.9. The molecule has 2 N–H and O–H groups in total. The van der Waals surface area contributed by atoms with Gasteiger partial charge in [-0.15, -0.1) is 0 Å². The van der Waals surface area contributed by atoms with Crippen LogP contribution in [0.3, 0.4) is 0 Å². The summed E-state index contributed by atoms with van der Waals surface area (Å²) in [7, 11) is 0. The first-order chi connectivity index (χ1) is 10.3. The smallest absolute Gasteiger partial charge is 0.222 e. The number of aromatic nitrogens is 1. The number of hydrogen-bond acceptors (Lipinski definition) is 4. The van der Waals surface area contributed by atoms with E-state index in [2.05, 4.69) is 4.98 Å². The molecule has 0 saturated carbocycles. The second kappa shape index (κ2) is 8.74. The molecule has 0 unspecified atom stereocenters. The van der Waals surface area contributed by atoms with Crippen LogP contribution in [0.25, 0.3) is 0 Å². The molecular formula is C16H25N3O2. The SMILES string of the molecule is NCCCOC1CCN(C(=O)CCc2cccnc2)CC1. The van der Waals surface area contributed by atoms with Crippen LogP contribution in [0.1, 0.15) is 31.2 Å². The second-order valence-electron chi connectivity index (χ2n) is 5.45. The molecule has 0 spiro atoms. The van der Waals surface area contributed by atoms with Crippen LogP contribution >= 0.6 is 0 Å². The molecule has 21 heavy (non-hydrogen) atoms. The van der Waals surface area contributed by atoms with E-state index >= 15 is 0 Å². The van der Waals surface area contributed by atoms with Crippen LogP contribution in [0.5, 0.6) is 0 Å². The molecule has 5 heteroatoms. The molecule has 5 nitrogen and oxygen atoms in total. The maximum absolute atomic E-state index is 12.2. The Morgan fingerprint density at radius 2 is 2.24 bits per heavy atom. The van der Waals surface area contributed by atoms with Gasteiger partial charge in [-0.05, 0) is 43.9 Å². The minimum absolute atomic E-state index is 0.235. The van der Waals surface area contributed by atoms with Crippen LogP contribution in [0, 0.1) is 0 Å². The first-order valence-electron chi connectivity index (χ1n) is 7.78. The minimum atomic E-state index is 0.235. The summed E-state index contributed by atoms with van der Waals surface area (Å²) in [4.78, 5) is 18.2. The van der Waals surface area contributed by atoms with Crippen LogP contribution < -0.4 is 5.73 Å². The number of carbonyl (C=O) groups is 1. The summed E-state index contributed by atoms with van der Waals surface area (Å²) in [5.74, 6) is 0.235. The summed E-state index contributed by atoms with van der Waals surface area (Å²) in [6.45, 7) is 3.01. The average Bonchev–Trinajstić information content (AvgIpc) is 2.54. The second-order valence-corrected chi connectivity index (χ2v) is 5.45. The van der Waals surface area contributed by atoms with Gasteiger partial charge in [0.15, 0.2) is 0 Å². The van der Waals surface area contributed by atoms with Crippen LogP contribution in [0.4, 0.5) is 0 Å². The Bertz CT molecular complexity index is 417. The molecule has 1 aliphatic rings. The molecule has 0 radical (unpaired) electrons. The number of nitrogens with zero attached hydrogens (tertiary/aromatic N) is 2. The number of piperidine rings is 1. The zero-order chi connectivity index (χ0) is 14.9. The number of likely N-dealkylation sites (tertiary alicyclic amines) is 1. The van der Waals surface area contributed by atoms with E-state index in [-0.39, 0.29) is 5.91 Å². The largest absolute Gasteiger partial charge is 0.378 e. The molecule has 1 fully saturated rings. The van der Waals surface area contributed by atoms with Crippen LogP contribution in [-0.4, -0.2) is 48.1 Å². The summed E-state index contributed by atoms with van der Waals surface area (Å²) in [5, 5.41) is 0. The molecular weight excluding hydrogens is 266 g/mol. The van der Waals surface area contributed by atoms with Gasteiger partial charge in [0.05, 0.1) is 6.10 Å². The fraction of sp³-hybridized carbons (Fsp3) is 0.625. The molecule has 116 valence electrons. The molecule has 1 saturated heterocycles. The number of aryl methyl sites for hydroxylation is 1. The van der Waals surface area contributed by atoms with E-state index in [4.69, 9.17) is 10.5 Å². The number of carbonyl (C=O) groups excluding carboxylic acids is 1. The summed E-state index contributed by atoms with van der Waals surface area (Å²) in [5.41, 5.74) is 6.57. The van der Waals surface area contributed by atoms with Crippen molar-refractivity contribution in [2.75, 3.05) is 26.2 Å². The van der Waals surface area contributed by atoms with Gasteiger partial charge in [-0.1, -0.05) is 6.07 Å². The minimum Gasteiger partial charge on any atom is -0.378 e. The Labute approximate surface area is 126 Å². The van der Waals surface area contributed by atoms with Crippen LogP contribution in [0.2, 0.25) is 0 Å². The van der Waals surface area contributed by atoms with Crippen molar-refractivity contribution in [1.82, 2.24) is 9.88 Å². The van der Waals surface area contributed by atoms with E-state index in [1.165, 1.54) is 0 Å². The third-order valence-corrected chi connectivity index (χ3v) is 3.85. The maximum atomic E-state index is 12.2. The van der Waals surface area contributed by atoms with Gasteiger partial charge in [-0.2, -0.15) is 0 Å². The highest BCUT2D eigenvalue weighted by molar-refractivity contribution is 5.76. The summed E-state index contributed by atoms with van der Waals surface area (Å²) >= 11 is 0. The molecule has 0 atom stereocenters. The molecule has 2 heterocycles. The molecule has 1 aromatic heterocycles. The highest BCUT2D eigenvalue weighted by Gasteiger charge is 2.22. The van der Waals surface area contributed by atoms with Gasteiger partial charge in [0.2, 0.25) is 5.91 Å². The fourth-order valence-corrected chi connectivity index (χ4v) is 2.56. The monoisotopic (exact) mass is 291 g/mol. The maximum Gasteiger partial charge on any atom is 0.222 e. The standard InChI is InChI=1S/C16H25N3O2/c17-8-2-12-21-15-6-10-19(11-7-15)16(20)5-4-14-3-1-9-18-13-14/h1,3,9,13,15H,2,4-8,10-12,17H2. The van der Waals surface area contributed by atoms with E-state index in [1.54, 1.807) is 6.20 Å². The normalized spacial score (nSPS) is 16.1. The highest BCUT2D eigenvalue weighted by atomic mass is 16.5. The van der Waals surface area contributed by atoms with E-state index in [0.717, 1.165) is 50.9 Å². The summed E-state index contributed by atoms with van der Waals surface area (Å²) < 4.78 is 5.75. The molecule has 1 amide bonds. The van der Waals surface area contributed by atoms with Gasteiger partial charge in [0.1, 0.15) is 0 Å². The molecule has 0 aliphatic carbocycles. The fourth-order valence-electron chi connectivity index (χ4n) is 2.56. The number of nitrogens with two attached hydrogens (primary N) is 1.